The van der Waals surface area contributed by atoms with Gasteiger partial charge < -0.3 is 65.3 Å². The molecule has 4 saturated heterocycles. The van der Waals surface area contributed by atoms with Gasteiger partial charge in [-0.2, -0.15) is 5.10 Å². The van der Waals surface area contributed by atoms with E-state index in [2.05, 4.69) is 22.4 Å². The third-order valence-electron chi connectivity index (χ3n) is 9.63. The molecule has 0 aliphatic carbocycles. The van der Waals surface area contributed by atoms with Gasteiger partial charge in [0.15, 0.2) is 18.3 Å². The summed E-state index contributed by atoms with van der Waals surface area (Å²) in [6.07, 6.45) is -9.62. The Balaban J connectivity index is 0.000000181. The number of para-hydroxylation sites is 1. The summed E-state index contributed by atoms with van der Waals surface area (Å²) in [6.45, 7) is -1.35. The summed E-state index contributed by atoms with van der Waals surface area (Å²) in [5.41, 5.74) is 1.55. The summed E-state index contributed by atoms with van der Waals surface area (Å²) >= 11 is 0. The Hall–Kier alpha value is -2.32. The Morgan fingerprint density at radius 3 is 2.20 bits per heavy atom. The van der Waals surface area contributed by atoms with Gasteiger partial charge in [-0.15, -0.1) is 0 Å². The highest BCUT2D eigenvalue weighted by Crippen LogP contribution is 2.33. The van der Waals surface area contributed by atoms with Crippen molar-refractivity contribution in [3.8, 4) is 0 Å². The summed E-state index contributed by atoms with van der Waals surface area (Å²) in [5, 5.41) is 85.1. The van der Waals surface area contributed by atoms with E-state index in [0.29, 0.717) is 17.8 Å². The van der Waals surface area contributed by atoms with Crippen LogP contribution in [0.25, 0.3) is 10.9 Å². The second-order valence-electron chi connectivity index (χ2n) is 12.6. The Bertz CT molecular complexity index is 1300. The van der Waals surface area contributed by atoms with Crippen LogP contribution in [-0.2, 0) is 21.3 Å². The van der Waals surface area contributed by atoms with Gasteiger partial charge in [-0.25, -0.2) is 0 Å². The summed E-state index contributed by atoms with van der Waals surface area (Å²) in [6, 6.07) is 9.42. The summed E-state index contributed by atoms with van der Waals surface area (Å²) in [4.78, 5) is 15.3. The highest BCUT2D eigenvalue weighted by molar-refractivity contribution is 6.04. The van der Waals surface area contributed by atoms with E-state index in [0.717, 1.165) is 23.7 Å². The van der Waals surface area contributed by atoms with Crippen LogP contribution in [0.5, 0.6) is 0 Å². The van der Waals surface area contributed by atoms with Gasteiger partial charge in [0.2, 0.25) is 0 Å². The summed E-state index contributed by atoms with van der Waals surface area (Å²) in [7, 11) is 4.12. The predicted molar refractivity (Wildman–Crippen MR) is 159 cm³/mol. The third-order valence-corrected chi connectivity index (χ3v) is 9.63. The fourth-order valence-electron chi connectivity index (χ4n) is 6.94. The van der Waals surface area contributed by atoms with E-state index in [9.17, 15) is 40.5 Å². The first-order valence-corrected chi connectivity index (χ1v) is 15.7. The zero-order valence-electron chi connectivity index (χ0n) is 25.8. The van der Waals surface area contributed by atoms with Gasteiger partial charge in [0.25, 0.3) is 5.91 Å². The van der Waals surface area contributed by atoms with Gasteiger partial charge in [-0.3, -0.25) is 9.48 Å². The molecule has 0 unspecified atom stereocenters. The van der Waals surface area contributed by atoms with E-state index in [1.165, 1.54) is 19.3 Å². The quantitative estimate of drug-likeness (QED) is 0.150. The highest BCUT2D eigenvalue weighted by atomic mass is 16.7. The van der Waals surface area contributed by atoms with Crippen molar-refractivity contribution in [2.24, 2.45) is 7.05 Å². The van der Waals surface area contributed by atoms with E-state index < -0.39 is 74.6 Å². The molecule has 0 spiro atoms. The fourth-order valence-corrected chi connectivity index (χ4v) is 6.94. The monoisotopic (exact) mass is 654 g/mol. The number of aliphatic hydroxyl groups is 8. The normalized spacial score (nSPS) is 39.8. The predicted octanol–water partition coefficient (Wildman–Crippen LogP) is -3.08. The first-order chi connectivity index (χ1) is 21.9. The number of benzene rings is 1. The van der Waals surface area contributed by atoms with Crippen LogP contribution < -0.4 is 5.32 Å². The maximum Gasteiger partial charge on any atom is 0.272 e. The molecule has 0 radical (unpaired) electrons. The van der Waals surface area contributed by atoms with E-state index >= 15 is 0 Å². The molecule has 4 aliphatic rings. The lowest BCUT2D eigenvalue weighted by Crippen LogP contribution is -2.64. The van der Waals surface area contributed by atoms with Gasteiger partial charge in [0.1, 0.15) is 48.8 Å². The standard InChI is InChI=1S/C18H24N4O.C12H22O11/c1-21-13-6-5-7-14(21)11-12(10-13)19-18(23)17-15-8-3-4-9-16(15)22(2)20-17;13-1-3-5(15)6(16)9(19)12(22-3)23-10-4(2-14)21-11(20)8(18)7(10)17/h3-4,8-9,12-14H,5-7,10-11H2,1-2H3,(H,19,23);3-20H,1-2H2/t12-,13+,14-;3-,4-,5+,6+,7-,8-,9-,10-,11-,12+/m.1/s1. The molecule has 1 amide bonds. The van der Waals surface area contributed by atoms with Crippen LogP contribution in [0.4, 0.5) is 0 Å². The number of ether oxygens (including phenoxy) is 3. The zero-order valence-corrected chi connectivity index (χ0v) is 25.8. The molecule has 1 aromatic carbocycles. The van der Waals surface area contributed by atoms with Crippen molar-refractivity contribution >= 4 is 16.8 Å². The molecule has 258 valence electrons. The van der Waals surface area contributed by atoms with Crippen molar-refractivity contribution in [2.45, 2.75) is 112 Å². The van der Waals surface area contributed by atoms with Crippen LogP contribution in [0.1, 0.15) is 42.6 Å². The SMILES string of the molecule is CN1[C@@H]2CCC[C@H]1C[C@@H](NC(=O)c1nn(C)c3ccccc13)C2.OC[C@H]1O[C@@H](O[C@H]2[C@H](O)[C@@H](O)[C@H](O)O[C@@H]2CO)[C@H](O)[C@@H](O)[C@H]1O. The molecule has 4 fully saturated rings. The number of hydrogen-bond acceptors (Lipinski definition) is 14. The zero-order chi connectivity index (χ0) is 33.3. The van der Waals surface area contributed by atoms with Gasteiger partial charge in [0, 0.05) is 30.6 Å². The Labute approximate surface area is 265 Å². The van der Waals surface area contributed by atoms with Crippen molar-refractivity contribution in [3.63, 3.8) is 0 Å². The molecule has 4 aliphatic heterocycles. The van der Waals surface area contributed by atoms with Gasteiger partial charge in [-0.05, 0) is 38.8 Å². The number of carbonyl (C=O) groups is 1. The maximum atomic E-state index is 12.7. The van der Waals surface area contributed by atoms with E-state index in [4.69, 9.17) is 19.3 Å². The second-order valence-corrected chi connectivity index (χ2v) is 12.6. The van der Waals surface area contributed by atoms with Gasteiger partial charge in [-0.1, -0.05) is 24.6 Å². The second kappa shape index (κ2) is 14.8. The Morgan fingerprint density at radius 2 is 1.54 bits per heavy atom. The molecule has 2 aromatic rings. The smallest absolute Gasteiger partial charge is 0.272 e. The van der Waals surface area contributed by atoms with E-state index in [-0.39, 0.29) is 11.9 Å². The molecule has 0 saturated carbocycles. The lowest BCUT2D eigenvalue weighted by molar-refractivity contribution is -0.355. The lowest BCUT2D eigenvalue weighted by atomic mass is 9.82. The van der Waals surface area contributed by atoms with Crippen LogP contribution in [0.3, 0.4) is 0 Å². The van der Waals surface area contributed by atoms with Crippen molar-refractivity contribution in [2.75, 3.05) is 20.3 Å². The molecule has 9 N–H and O–H groups in total. The average Bonchev–Trinajstić information content (AvgIpc) is 3.38. The van der Waals surface area contributed by atoms with Crippen LogP contribution >= 0.6 is 0 Å². The van der Waals surface area contributed by atoms with Crippen LogP contribution in [-0.4, -0.2) is 161 Å². The average molecular weight is 655 g/mol. The number of aryl methyl sites for hydroxylation is 1. The van der Waals surface area contributed by atoms with Gasteiger partial charge in [0.05, 0.1) is 18.7 Å². The van der Waals surface area contributed by atoms with Crippen molar-refractivity contribution < 1.29 is 59.9 Å². The molecule has 2 bridgehead atoms. The number of fused-ring (bicyclic) bond motifs is 3. The minimum atomic E-state index is -1.74. The topological polar surface area (TPSA) is 240 Å². The summed E-state index contributed by atoms with van der Waals surface area (Å²) in [5.74, 6) is -0.0329. The van der Waals surface area contributed by atoms with Gasteiger partial charge >= 0.3 is 0 Å². The molecular weight excluding hydrogens is 608 g/mol. The number of piperidine rings is 2. The minimum absolute atomic E-state index is 0.0329. The van der Waals surface area contributed by atoms with Crippen LogP contribution in [0, 0.1) is 0 Å². The summed E-state index contributed by atoms with van der Waals surface area (Å²) < 4.78 is 17.0. The lowest BCUT2D eigenvalue weighted by Gasteiger charge is -2.47. The number of carbonyl (C=O) groups excluding carboxylic acids is 1. The van der Waals surface area contributed by atoms with E-state index in [1.54, 1.807) is 4.68 Å². The largest absolute Gasteiger partial charge is 0.394 e. The van der Waals surface area contributed by atoms with E-state index in [1.807, 2.05) is 31.3 Å². The molecule has 5 heterocycles. The fraction of sp³-hybridized carbons (Fsp3) is 0.733. The third kappa shape index (κ3) is 7.08. The molecule has 16 heteroatoms. The number of hydrogen-bond donors (Lipinski definition) is 9. The van der Waals surface area contributed by atoms with Crippen molar-refractivity contribution in [1.29, 1.82) is 0 Å². The number of amides is 1. The molecule has 6 rings (SSSR count). The molecule has 46 heavy (non-hydrogen) atoms. The number of aliphatic hydroxyl groups excluding tert-OH is 8. The minimum Gasteiger partial charge on any atom is -0.394 e. The first kappa shape index (κ1) is 35.0. The Kier molecular flexibility index (Phi) is 11.3. The van der Waals surface area contributed by atoms with Crippen molar-refractivity contribution in [3.05, 3.63) is 30.0 Å². The number of nitrogens with one attached hydrogen (secondary N) is 1. The first-order valence-electron chi connectivity index (χ1n) is 15.7. The highest BCUT2D eigenvalue weighted by Gasteiger charge is 2.50. The molecule has 1 aromatic heterocycles. The number of nitrogens with zero attached hydrogens (tertiary/aromatic N) is 3. The number of rotatable bonds is 6. The maximum absolute atomic E-state index is 12.7. The molecule has 13 atom stereocenters. The molecular formula is C30H46N4O12. The Morgan fingerprint density at radius 1 is 0.891 bits per heavy atom. The van der Waals surface area contributed by atoms with Crippen molar-refractivity contribution in [1.82, 2.24) is 20.0 Å². The molecule has 16 nitrogen and oxygen atoms in total. The van der Waals surface area contributed by atoms with Crippen LogP contribution in [0.2, 0.25) is 0 Å². The number of aromatic nitrogens is 2. The van der Waals surface area contributed by atoms with Crippen LogP contribution in [0.15, 0.2) is 24.3 Å².